The summed E-state index contributed by atoms with van der Waals surface area (Å²) in [5.74, 6) is -0.101. The molecule has 0 saturated carbocycles. The number of phenols is 1. The van der Waals surface area contributed by atoms with Gasteiger partial charge in [-0.15, -0.1) is 0 Å². The maximum absolute atomic E-state index is 12.0. The van der Waals surface area contributed by atoms with Crippen LogP contribution in [0.5, 0.6) is 5.75 Å². The topological polar surface area (TPSA) is 67.2 Å². The standard InChI is InChI=1S/C14H17N3O2/c1-9-11(10(2)17(3)16-9)8-14(19)15-12-6-4-5-7-13(12)18/h4-7,18H,8H2,1-3H3,(H,15,19). The average Bonchev–Trinajstić information content (AvgIpc) is 2.59. The lowest BCUT2D eigenvalue weighted by atomic mass is 10.1. The van der Waals surface area contributed by atoms with Crippen LogP contribution in [0.4, 0.5) is 5.69 Å². The Bertz CT molecular complexity index is 617. The van der Waals surface area contributed by atoms with Crippen molar-refractivity contribution in [3.8, 4) is 5.75 Å². The third kappa shape index (κ3) is 2.76. The van der Waals surface area contributed by atoms with E-state index < -0.39 is 0 Å². The third-order valence-corrected chi connectivity index (χ3v) is 3.17. The fourth-order valence-electron chi connectivity index (χ4n) is 2.01. The molecule has 19 heavy (non-hydrogen) atoms. The highest BCUT2D eigenvalue weighted by atomic mass is 16.3. The van der Waals surface area contributed by atoms with Gasteiger partial charge in [0.25, 0.3) is 0 Å². The molecular weight excluding hydrogens is 242 g/mol. The Kier molecular flexibility index (Phi) is 3.55. The van der Waals surface area contributed by atoms with Gasteiger partial charge in [0.05, 0.1) is 17.8 Å². The number of hydrogen-bond donors (Lipinski definition) is 2. The van der Waals surface area contributed by atoms with Gasteiger partial charge in [-0.25, -0.2) is 0 Å². The van der Waals surface area contributed by atoms with Crippen LogP contribution in [0, 0.1) is 13.8 Å². The number of rotatable bonds is 3. The lowest BCUT2D eigenvalue weighted by Gasteiger charge is -2.07. The molecule has 5 nitrogen and oxygen atoms in total. The van der Waals surface area contributed by atoms with Crippen LogP contribution < -0.4 is 5.32 Å². The number of hydrogen-bond acceptors (Lipinski definition) is 3. The van der Waals surface area contributed by atoms with Crippen molar-refractivity contribution in [1.82, 2.24) is 9.78 Å². The molecule has 1 heterocycles. The number of para-hydroxylation sites is 2. The van der Waals surface area contributed by atoms with E-state index in [2.05, 4.69) is 10.4 Å². The summed E-state index contributed by atoms with van der Waals surface area (Å²) >= 11 is 0. The van der Waals surface area contributed by atoms with E-state index in [1.807, 2.05) is 20.9 Å². The Hall–Kier alpha value is -2.30. The van der Waals surface area contributed by atoms with Crippen molar-refractivity contribution in [1.29, 1.82) is 0 Å². The lowest BCUT2D eigenvalue weighted by Crippen LogP contribution is -2.15. The molecule has 0 saturated heterocycles. The van der Waals surface area contributed by atoms with Crippen molar-refractivity contribution < 1.29 is 9.90 Å². The fourth-order valence-corrected chi connectivity index (χ4v) is 2.01. The molecule has 0 bridgehead atoms. The van der Waals surface area contributed by atoms with E-state index >= 15 is 0 Å². The van der Waals surface area contributed by atoms with E-state index in [1.165, 1.54) is 6.07 Å². The molecule has 1 amide bonds. The quantitative estimate of drug-likeness (QED) is 0.828. The van der Waals surface area contributed by atoms with Crippen LogP contribution in [0.15, 0.2) is 24.3 Å². The molecule has 0 aliphatic carbocycles. The maximum Gasteiger partial charge on any atom is 0.229 e. The second-order valence-corrected chi connectivity index (χ2v) is 4.52. The highest BCUT2D eigenvalue weighted by Gasteiger charge is 2.14. The van der Waals surface area contributed by atoms with Gasteiger partial charge in [-0.1, -0.05) is 12.1 Å². The normalized spacial score (nSPS) is 10.5. The predicted octanol–water partition coefficient (Wildman–Crippen LogP) is 1.92. The number of nitrogens with one attached hydrogen (secondary N) is 1. The largest absolute Gasteiger partial charge is 0.506 e. The van der Waals surface area contributed by atoms with E-state index in [0.717, 1.165) is 17.0 Å². The van der Waals surface area contributed by atoms with E-state index in [9.17, 15) is 9.90 Å². The highest BCUT2D eigenvalue weighted by molar-refractivity contribution is 5.93. The van der Waals surface area contributed by atoms with Crippen molar-refractivity contribution in [2.24, 2.45) is 7.05 Å². The van der Waals surface area contributed by atoms with E-state index in [1.54, 1.807) is 22.9 Å². The number of anilines is 1. The number of nitrogens with zero attached hydrogens (tertiary/aromatic N) is 2. The summed E-state index contributed by atoms with van der Waals surface area (Å²) in [6.07, 6.45) is 0.250. The Morgan fingerprint density at radius 3 is 2.63 bits per heavy atom. The minimum atomic E-state index is -0.166. The molecule has 0 aliphatic rings. The molecule has 0 atom stereocenters. The average molecular weight is 259 g/mol. The van der Waals surface area contributed by atoms with Crippen molar-refractivity contribution in [2.45, 2.75) is 20.3 Å². The number of carbonyl (C=O) groups is 1. The first-order valence-electron chi connectivity index (χ1n) is 6.06. The zero-order valence-corrected chi connectivity index (χ0v) is 11.3. The first kappa shape index (κ1) is 13.1. The summed E-state index contributed by atoms with van der Waals surface area (Å²) in [5.41, 5.74) is 3.18. The van der Waals surface area contributed by atoms with Gasteiger partial charge < -0.3 is 10.4 Å². The van der Waals surface area contributed by atoms with Crippen molar-refractivity contribution in [3.05, 3.63) is 41.2 Å². The second-order valence-electron chi connectivity index (χ2n) is 4.52. The SMILES string of the molecule is Cc1nn(C)c(C)c1CC(=O)Nc1ccccc1O. The summed E-state index contributed by atoms with van der Waals surface area (Å²) in [5, 5.41) is 16.6. The molecule has 0 fully saturated rings. The van der Waals surface area contributed by atoms with E-state index in [0.29, 0.717) is 5.69 Å². The number of phenolic OH excluding ortho intramolecular Hbond substituents is 1. The summed E-state index contributed by atoms with van der Waals surface area (Å²) < 4.78 is 1.76. The summed E-state index contributed by atoms with van der Waals surface area (Å²) in [4.78, 5) is 12.0. The molecule has 5 heteroatoms. The molecule has 0 unspecified atom stereocenters. The van der Waals surface area contributed by atoms with Crippen LogP contribution in [0.1, 0.15) is 17.0 Å². The Labute approximate surface area is 111 Å². The van der Waals surface area contributed by atoms with Crippen LogP contribution in [-0.4, -0.2) is 20.8 Å². The van der Waals surface area contributed by atoms with Gasteiger partial charge in [0.1, 0.15) is 5.75 Å². The number of aromatic hydroxyl groups is 1. The first-order valence-corrected chi connectivity index (χ1v) is 6.06. The molecule has 1 aromatic carbocycles. The zero-order valence-electron chi connectivity index (χ0n) is 11.3. The predicted molar refractivity (Wildman–Crippen MR) is 73.1 cm³/mol. The van der Waals surface area contributed by atoms with Crippen molar-refractivity contribution in [2.75, 3.05) is 5.32 Å². The molecule has 2 rings (SSSR count). The third-order valence-electron chi connectivity index (χ3n) is 3.17. The Morgan fingerprint density at radius 1 is 1.37 bits per heavy atom. The second kappa shape index (κ2) is 5.14. The fraction of sp³-hybridized carbons (Fsp3) is 0.286. The highest BCUT2D eigenvalue weighted by Crippen LogP contribution is 2.22. The molecule has 2 N–H and O–H groups in total. The van der Waals surface area contributed by atoms with E-state index in [4.69, 9.17) is 0 Å². The molecular formula is C14H17N3O2. The number of amides is 1. The Balaban J connectivity index is 2.12. The van der Waals surface area contributed by atoms with Gasteiger partial charge in [-0.05, 0) is 26.0 Å². The first-order chi connectivity index (χ1) is 8.99. The van der Waals surface area contributed by atoms with Gasteiger partial charge >= 0.3 is 0 Å². The molecule has 0 radical (unpaired) electrons. The van der Waals surface area contributed by atoms with Gasteiger partial charge in [0.2, 0.25) is 5.91 Å². The number of aromatic nitrogens is 2. The minimum Gasteiger partial charge on any atom is -0.506 e. The smallest absolute Gasteiger partial charge is 0.229 e. The number of carbonyl (C=O) groups excluding carboxylic acids is 1. The minimum absolute atomic E-state index is 0.0653. The lowest BCUT2D eigenvalue weighted by molar-refractivity contribution is -0.115. The molecule has 0 aliphatic heterocycles. The van der Waals surface area contributed by atoms with Crippen LogP contribution in [-0.2, 0) is 18.3 Å². The van der Waals surface area contributed by atoms with E-state index in [-0.39, 0.29) is 18.1 Å². The van der Waals surface area contributed by atoms with Crippen LogP contribution >= 0.6 is 0 Å². The van der Waals surface area contributed by atoms with Crippen molar-refractivity contribution >= 4 is 11.6 Å². The van der Waals surface area contributed by atoms with Crippen LogP contribution in [0.2, 0.25) is 0 Å². The Morgan fingerprint density at radius 2 is 2.05 bits per heavy atom. The summed E-state index contributed by atoms with van der Waals surface area (Å²) in [7, 11) is 1.85. The summed E-state index contributed by atoms with van der Waals surface area (Å²) in [6, 6.07) is 6.67. The monoisotopic (exact) mass is 259 g/mol. The van der Waals surface area contributed by atoms with Crippen LogP contribution in [0.25, 0.3) is 0 Å². The number of benzene rings is 1. The molecule has 2 aromatic rings. The molecule has 0 spiro atoms. The maximum atomic E-state index is 12.0. The van der Waals surface area contributed by atoms with Gasteiger partial charge in [0, 0.05) is 18.3 Å². The zero-order chi connectivity index (χ0) is 14.0. The van der Waals surface area contributed by atoms with Gasteiger partial charge in [-0.2, -0.15) is 5.10 Å². The number of aryl methyl sites for hydroxylation is 2. The van der Waals surface area contributed by atoms with Gasteiger partial charge in [0.15, 0.2) is 0 Å². The molecule has 1 aromatic heterocycles. The molecule has 100 valence electrons. The van der Waals surface area contributed by atoms with Gasteiger partial charge in [-0.3, -0.25) is 9.48 Å². The van der Waals surface area contributed by atoms with Crippen LogP contribution in [0.3, 0.4) is 0 Å². The summed E-state index contributed by atoms with van der Waals surface area (Å²) in [6.45, 7) is 3.82. The van der Waals surface area contributed by atoms with Crippen molar-refractivity contribution in [3.63, 3.8) is 0 Å².